The van der Waals surface area contributed by atoms with Gasteiger partial charge in [-0.1, -0.05) is 12.1 Å². The molecule has 0 spiro atoms. The highest BCUT2D eigenvalue weighted by Crippen LogP contribution is 2.34. The van der Waals surface area contributed by atoms with Crippen LogP contribution in [0.2, 0.25) is 0 Å². The number of nitrogens with zero attached hydrogens (tertiary/aromatic N) is 2. The van der Waals surface area contributed by atoms with E-state index in [1.54, 1.807) is 30.3 Å². The second kappa shape index (κ2) is 8.24. The standard InChI is InChI=1S/C23H22N4O3/c1-15(28)25-17-7-9-18(10-8-17)26-22-21-20(4-3-13-24-21)23(29)27(22)14-16-5-11-19(30-2)12-6-16/h3-13,22,26H,14H2,1-2H3,(H,25,28)/t22-/m1/s1. The van der Waals surface area contributed by atoms with E-state index < -0.39 is 6.17 Å². The van der Waals surface area contributed by atoms with Crippen LogP contribution in [0.25, 0.3) is 0 Å². The zero-order chi connectivity index (χ0) is 21.1. The molecule has 2 aromatic carbocycles. The lowest BCUT2D eigenvalue weighted by atomic mass is 10.2. The number of methoxy groups -OCH3 is 1. The Labute approximate surface area is 174 Å². The number of aromatic nitrogens is 1. The summed E-state index contributed by atoms with van der Waals surface area (Å²) in [6.45, 7) is 1.90. The van der Waals surface area contributed by atoms with Crippen LogP contribution in [0.3, 0.4) is 0 Å². The lowest BCUT2D eigenvalue weighted by molar-refractivity contribution is -0.114. The zero-order valence-corrected chi connectivity index (χ0v) is 16.8. The molecule has 1 atom stereocenters. The van der Waals surface area contributed by atoms with Crippen molar-refractivity contribution in [3.8, 4) is 5.75 Å². The first-order chi connectivity index (χ1) is 14.5. The van der Waals surface area contributed by atoms with E-state index in [1.165, 1.54) is 6.92 Å². The molecule has 152 valence electrons. The maximum absolute atomic E-state index is 13.1. The third kappa shape index (κ3) is 3.96. The second-order valence-electron chi connectivity index (χ2n) is 7.02. The summed E-state index contributed by atoms with van der Waals surface area (Å²) in [6.07, 6.45) is 1.29. The van der Waals surface area contributed by atoms with Gasteiger partial charge in [0.2, 0.25) is 5.91 Å². The third-order valence-electron chi connectivity index (χ3n) is 4.92. The van der Waals surface area contributed by atoms with Gasteiger partial charge in [0, 0.05) is 31.0 Å². The van der Waals surface area contributed by atoms with Gasteiger partial charge in [-0.2, -0.15) is 0 Å². The number of pyridine rings is 1. The van der Waals surface area contributed by atoms with Crippen molar-refractivity contribution in [1.82, 2.24) is 9.88 Å². The highest BCUT2D eigenvalue weighted by molar-refractivity contribution is 5.99. The van der Waals surface area contributed by atoms with Crippen molar-refractivity contribution in [2.75, 3.05) is 17.7 Å². The predicted octanol–water partition coefficient (Wildman–Crippen LogP) is 3.82. The number of nitrogens with one attached hydrogen (secondary N) is 2. The number of fused-ring (bicyclic) bond motifs is 1. The summed E-state index contributed by atoms with van der Waals surface area (Å²) in [6, 6.07) is 18.6. The van der Waals surface area contributed by atoms with Crippen LogP contribution in [-0.4, -0.2) is 28.8 Å². The molecule has 3 aromatic rings. The molecular formula is C23H22N4O3. The van der Waals surface area contributed by atoms with Crippen molar-refractivity contribution in [1.29, 1.82) is 0 Å². The number of anilines is 2. The summed E-state index contributed by atoms with van der Waals surface area (Å²) < 4.78 is 5.22. The summed E-state index contributed by atoms with van der Waals surface area (Å²) >= 11 is 0. The van der Waals surface area contributed by atoms with Crippen LogP contribution in [-0.2, 0) is 11.3 Å². The maximum Gasteiger partial charge on any atom is 0.258 e. The van der Waals surface area contributed by atoms with Crippen LogP contribution in [0, 0.1) is 0 Å². The molecular weight excluding hydrogens is 380 g/mol. The Hall–Kier alpha value is -3.87. The Kier molecular flexibility index (Phi) is 5.34. The Balaban J connectivity index is 1.60. The number of hydrogen-bond donors (Lipinski definition) is 2. The first-order valence-corrected chi connectivity index (χ1v) is 9.58. The molecule has 0 saturated carbocycles. The number of amides is 2. The molecule has 0 radical (unpaired) electrons. The van der Waals surface area contributed by atoms with Gasteiger partial charge in [-0.25, -0.2) is 0 Å². The van der Waals surface area contributed by atoms with E-state index in [2.05, 4.69) is 15.6 Å². The van der Waals surface area contributed by atoms with Crippen molar-refractivity contribution in [2.24, 2.45) is 0 Å². The third-order valence-corrected chi connectivity index (χ3v) is 4.92. The zero-order valence-electron chi connectivity index (χ0n) is 16.8. The lowest BCUT2D eigenvalue weighted by Crippen LogP contribution is -2.32. The second-order valence-corrected chi connectivity index (χ2v) is 7.02. The monoisotopic (exact) mass is 402 g/mol. The summed E-state index contributed by atoms with van der Waals surface area (Å²) in [4.78, 5) is 30.5. The normalized spacial score (nSPS) is 14.9. The van der Waals surface area contributed by atoms with Crippen LogP contribution in [0.5, 0.6) is 5.75 Å². The number of carbonyl (C=O) groups excluding carboxylic acids is 2. The Morgan fingerprint density at radius 2 is 1.77 bits per heavy atom. The van der Waals surface area contributed by atoms with Gasteiger partial charge in [0.05, 0.1) is 18.4 Å². The Bertz CT molecular complexity index is 1060. The van der Waals surface area contributed by atoms with Crippen LogP contribution in [0.15, 0.2) is 66.9 Å². The highest BCUT2D eigenvalue weighted by Gasteiger charge is 2.37. The van der Waals surface area contributed by atoms with E-state index in [1.807, 2.05) is 48.5 Å². The van der Waals surface area contributed by atoms with E-state index in [-0.39, 0.29) is 11.8 Å². The van der Waals surface area contributed by atoms with Gasteiger partial charge in [0.1, 0.15) is 11.9 Å². The van der Waals surface area contributed by atoms with E-state index in [0.29, 0.717) is 23.5 Å². The fourth-order valence-corrected chi connectivity index (χ4v) is 3.48. The molecule has 7 heteroatoms. The van der Waals surface area contributed by atoms with Gasteiger partial charge in [-0.15, -0.1) is 0 Å². The maximum atomic E-state index is 13.1. The fourth-order valence-electron chi connectivity index (χ4n) is 3.48. The SMILES string of the molecule is COc1ccc(CN2C(=O)c3cccnc3[C@@H]2Nc2ccc(NC(C)=O)cc2)cc1. The molecule has 2 N–H and O–H groups in total. The minimum absolute atomic E-state index is 0.0683. The lowest BCUT2D eigenvalue weighted by Gasteiger charge is -2.26. The van der Waals surface area contributed by atoms with Crippen molar-refractivity contribution < 1.29 is 14.3 Å². The van der Waals surface area contributed by atoms with Crippen LogP contribution in [0.4, 0.5) is 11.4 Å². The molecule has 1 aliphatic rings. The smallest absolute Gasteiger partial charge is 0.258 e. The van der Waals surface area contributed by atoms with Gasteiger partial charge >= 0.3 is 0 Å². The molecule has 0 aliphatic carbocycles. The minimum Gasteiger partial charge on any atom is -0.497 e. The predicted molar refractivity (Wildman–Crippen MR) is 114 cm³/mol. The van der Waals surface area contributed by atoms with E-state index in [9.17, 15) is 9.59 Å². The number of benzene rings is 2. The fraction of sp³-hybridized carbons (Fsp3) is 0.174. The molecule has 7 nitrogen and oxygen atoms in total. The number of rotatable bonds is 6. The van der Waals surface area contributed by atoms with E-state index >= 15 is 0 Å². The molecule has 4 rings (SSSR count). The van der Waals surface area contributed by atoms with Crippen molar-refractivity contribution in [3.05, 3.63) is 83.7 Å². The molecule has 2 heterocycles. The number of hydrogen-bond acceptors (Lipinski definition) is 5. The molecule has 0 fully saturated rings. The number of ether oxygens (including phenoxy) is 1. The van der Waals surface area contributed by atoms with E-state index in [4.69, 9.17) is 4.74 Å². The largest absolute Gasteiger partial charge is 0.497 e. The quantitative estimate of drug-likeness (QED) is 0.655. The van der Waals surface area contributed by atoms with Gasteiger partial charge < -0.3 is 20.3 Å². The topological polar surface area (TPSA) is 83.6 Å². The van der Waals surface area contributed by atoms with Crippen molar-refractivity contribution in [3.63, 3.8) is 0 Å². The van der Waals surface area contributed by atoms with Gasteiger partial charge in [-0.05, 0) is 54.1 Å². The minimum atomic E-state index is -0.401. The van der Waals surface area contributed by atoms with Crippen molar-refractivity contribution in [2.45, 2.75) is 19.6 Å². The molecule has 2 amide bonds. The first-order valence-electron chi connectivity index (χ1n) is 9.58. The van der Waals surface area contributed by atoms with Gasteiger partial charge in [0.25, 0.3) is 5.91 Å². The summed E-state index contributed by atoms with van der Waals surface area (Å²) in [5.74, 6) is 0.576. The van der Waals surface area contributed by atoms with Crippen LogP contribution < -0.4 is 15.4 Å². The van der Waals surface area contributed by atoms with Crippen LogP contribution >= 0.6 is 0 Å². The molecule has 30 heavy (non-hydrogen) atoms. The number of carbonyl (C=O) groups is 2. The average molecular weight is 402 g/mol. The molecule has 0 saturated heterocycles. The average Bonchev–Trinajstić information content (AvgIpc) is 3.01. The Morgan fingerprint density at radius 1 is 1.07 bits per heavy atom. The molecule has 1 aliphatic heterocycles. The highest BCUT2D eigenvalue weighted by atomic mass is 16.5. The van der Waals surface area contributed by atoms with Gasteiger partial charge in [0.15, 0.2) is 0 Å². The molecule has 1 aromatic heterocycles. The first kappa shape index (κ1) is 19.4. The molecule has 0 bridgehead atoms. The molecule has 0 unspecified atom stereocenters. The van der Waals surface area contributed by atoms with E-state index in [0.717, 1.165) is 17.0 Å². The Morgan fingerprint density at radius 3 is 2.43 bits per heavy atom. The van der Waals surface area contributed by atoms with Crippen LogP contribution in [0.1, 0.15) is 34.7 Å². The summed E-state index contributed by atoms with van der Waals surface area (Å²) in [7, 11) is 1.62. The summed E-state index contributed by atoms with van der Waals surface area (Å²) in [5, 5.41) is 6.15. The summed E-state index contributed by atoms with van der Waals surface area (Å²) in [5.41, 5.74) is 3.81. The van der Waals surface area contributed by atoms with Crippen molar-refractivity contribution >= 4 is 23.2 Å². The van der Waals surface area contributed by atoms with Gasteiger partial charge in [-0.3, -0.25) is 14.6 Å².